The summed E-state index contributed by atoms with van der Waals surface area (Å²) in [6.07, 6.45) is 3.70. The van der Waals surface area contributed by atoms with Gasteiger partial charge in [0.15, 0.2) is 0 Å². The van der Waals surface area contributed by atoms with Gasteiger partial charge in [0.1, 0.15) is 5.75 Å². The van der Waals surface area contributed by atoms with Gasteiger partial charge in [-0.25, -0.2) is 0 Å². The van der Waals surface area contributed by atoms with Gasteiger partial charge in [0.25, 0.3) is 0 Å². The Labute approximate surface area is 134 Å². The molecule has 3 rings (SSSR count). The van der Waals surface area contributed by atoms with Crippen LogP contribution in [0.15, 0.2) is 46.9 Å². The lowest BCUT2D eigenvalue weighted by Crippen LogP contribution is -2.23. The number of fused-ring (bicyclic) bond motifs is 1. The molecule has 0 spiro atoms. The number of hydrogen-bond donors (Lipinski definition) is 0. The van der Waals surface area contributed by atoms with E-state index in [9.17, 15) is 0 Å². The maximum atomic E-state index is 5.35. The van der Waals surface area contributed by atoms with Gasteiger partial charge < -0.3 is 9.64 Å². The first kappa shape index (κ1) is 14.5. The molecule has 3 heteroatoms. The molecule has 0 saturated heterocycles. The van der Waals surface area contributed by atoms with E-state index < -0.39 is 0 Å². The molecule has 0 aliphatic carbocycles. The zero-order chi connectivity index (χ0) is 14.7. The number of halogens is 1. The van der Waals surface area contributed by atoms with E-state index in [4.69, 9.17) is 4.74 Å². The van der Waals surface area contributed by atoms with Gasteiger partial charge in [-0.05, 0) is 54.7 Å². The molecule has 0 aromatic heterocycles. The topological polar surface area (TPSA) is 12.5 Å². The fraction of sp³-hybridized carbons (Fsp3) is 0.333. The van der Waals surface area contributed by atoms with Crippen molar-refractivity contribution in [3.63, 3.8) is 0 Å². The van der Waals surface area contributed by atoms with E-state index in [0.29, 0.717) is 0 Å². The minimum atomic E-state index is 0.912. The maximum absolute atomic E-state index is 5.35. The quantitative estimate of drug-likeness (QED) is 0.792. The van der Waals surface area contributed by atoms with Crippen LogP contribution in [-0.2, 0) is 13.0 Å². The molecule has 1 aliphatic heterocycles. The highest BCUT2D eigenvalue weighted by atomic mass is 79.9. The molecule has 0 radical (unpaired) electrons. The first-order valence-corrected chi connectivity index (χ1v) is 8.22. The van der Waals surface area contributed by atoms with E-state index in [0.717, 1.165) is 23.3 Å². The monoisotopic (exact) mass is 345 g/mol. The van der Waals surface area contributed by atoms with Gasteiger partial charge in [-0.2, -0.15) is 0 Å². The van der Waals surface area contributed by atoms with Gasteiger partial charge in [0, 0.05) is 23.2 Å². The van der Waals surface area contributed by atoms with Gasteiger partial charge in [0.05, 0.1) is 7.11 Å². The van der Waals surface area contributed by atoms with Crippen molar-refractivity contribution in [3.8, 4) is 5.75 Å². The first-order valence-electron chi connectivity index (χ1n) is 7.43. The average molecular weight is 346 g/mol. The van der Waals surface area contributed by atoms with Crippen LogP contribution in [0.25, 0.3) is 0 Å². The van der Waals surface area contributed by atoms with E-state index in [-0.39, 0.29) is 0 Å². The SMILES string of the molecule is COc1ccc(Br)c(CN2CCCCc3ccccc32)c1. The van der Waals surface area contributed by atoms with Crippen LogP contribution < -0.4 is 9.64 Å². The molecule has 0 unspecified atom stereocenters. The van der Waals surface area contributed by atoms with Crippen LogP contribution >= 0.6 is 15.9 Å². The summed E-state index contributed by atoms with van der Waals surface area (Å²) in [7, 11) is 1.72. The molecule has 1 aliphatic rings. The Kier molecular flexibility index (Phi) is 4.49. The van der Waals surface area contributed by atoms with Gasteiger partial charge in [-0.15, -0.1) is 0 Å². The molecule has 2 aromatic rings. The smallest absolute Gasteiger partial charge is 0.119 e. The van der Waals surface area contributed by atoms with E-state index >= 15 is 0 Å². The van der Waals surface area contributed by atoms with Crippen molar-refractivity contribution in [2.75, 3.05) is 18.6 Å². The third kappa shape index (κ3) is 3.24. The molecular formula is C18H20BrNO. The Hall–Kier alpha value is -1.48. The van der Waals surface area contributed by atoms with Crippen molar-refractivity contribution < 1.29 is 4.74 Å². The normalized spacial score (nSPS) is 14.5. The first-order chi connectivity index (χ1) is 10.3. The van der Waals surface area contributed by atoms with Gasteiger partial charge in [0.2, 0.25) is 0 Å². The summed E-state index contributed by atoms with van der Waals surface area (Å²) >= 11 is 3.66. The summed E-state index contributed by atoms with van der Waals surface area (Å²) in [4.78, 5) is 2.49. The standard InChI is InChI=1S/C18H20BrNO/c1-21-16-9-10-17(19)15(12-16)13-20-11-5-4-7-14-6-2-3-8-18(14)20/h2-3,6,8-10,12H,4-5,7,11,13H2,1H3. The van der Waals surface area contributed by atoms with E-state index in [1.165, 1.54) is 36.1 Å². The van der Waals surface area contributed by atoms with Crippen LogP contribution in [-0.4, -0.2) is 13.7 Å². The number of para-hydroxylation sites is 1. The third-order valence-corrected chi connectivity index (χ3v) is 4.84. The van der Waals surface area contributed by atoms with E-state index in [1.54, 1.807) is 7.11 Å². The van der Waals surface area contributed by atoms with Gasteiger partial charge in [-0.3, -0.25) is 0 Å². The molecule has 0 N–H and O–H groups in total. The molecule has 2 nitrogen and oxygen atoms in total. The second-order valence-electron chi connectivity index (χ2n) is 5.46. The van der Waals surface area contributed by atoms with Gasteiger partial charge in [-0.1, -0.05) is 34.1 Å². The summed E-state index contributed by atoms with van der Waals surface area (Å²) < 4.78 is 6.50. The lowest BCUT2D eigenvalue weighted by atomic mass is 10.1. The highest BCUT2D eigenvalue weighted by Crippen LogP contribution is 2.30. The summed E-state index contributed by atoms with van der Waals surface area (Å²) in [5.74, 6) is 0.913. The number of hydrogen-bond acceptors (Lipinski definition) is 2. The summed E-state index contributed by atoms with van der Waals surface area (Å²) in [6.45, 7) is 2.02. The van der Waals surface area contributed by atoms with Crippen LogP contribution in [0, 0.1) is 0 Å². The lowest BCUT2D eigenvalue weighted by Gasteiger charge is -2.25. The summed E-state index contributed by atoms with van der Waals surface area (Å²) in [5, 5.41) is 0. The molecule has 0 atom stereocenters. The fourth-order valence-corrected chi connectivity index (χ4v) is 3.31. The van der Waals surface area contributed by atoms with Crippen molar-refractivity contribution in [1.82, 2.24) is 0 Å². The zero-order valence-corrected chi connectivity index (χ0v) is 13.9. The number of nitrogens with zero attached hydrogens (tertiary/aromatic N) is 1. The Morgan fingerprint density at radius 3 is 2.86 bits per heavy atom. The molecule has 110 valence electrons. The zero-order valence-electron chi connectivity index (χ0n) is 12.3. The minimum absolute atomic E-state index is 0.912. The minimum Gasteiger partial charge on any atom is -0.497 e. The average Bonchev–Trinajstić information content (AvgIpc) is 2.72. The predicted molar refractivity (Wildman–Crippen MR) is 91.1 cm³/mol. The largest absolute Gasteiger partial charge is 0.497 e. The van der Waals surface area contributed by atoms with Crippen molar-refractivity contribution in [2.24, 2.45) is 0 Å². The molecule has 2 aromatic carbocycles. The Morgan fingerprint density at radius 1 is 1.14 bits per heavy atom. The van der Waals surface area contributed by atoms with Crippen molar-refractivity contribution in [2.45, 2.75) is 25.8 Å². The molecule has 0 saturated carbocycles. The molecule has 0 amide bonds. The molecule has 1 heterocycles. The molecular weight excluding hydrogens is 326 g/mol. The van der Waals surface area contributed by atoms with Crippen molar-refractivity contribution in [1.29, 1.82) is 0 Å². The number of aryl methyl sites for hydroxylation is 1. The van der Waals surface area contributed by atoms with E-state index in [1.807, 2.05) is 6.07 Å². The third-order valence-electron chi connectivity index (χ3n) is 4.07. The van der Waals surface area contributed by atoms with Crippen LogP contribution in [0.2, 0.25) is 0 Å². The number of benzene rings is 2. The lowest BCUT2D eigenvalue weighted by molar-refractivity contribution is 0.414. The number of rotatable bonds is 3. The molecule has 21 heavy (non-hydrogen) atoms. The Bertz CT molecular complexity index is 626. The Balaban J connectivity index is 1.91. The highest BCUT2D eigenvalue weighted by molar-refractivity contribution is 9.10. The van der Waals surface area contributed by atoms with Crippen LogP contribution in [0.3, 0.4) is 0 Å². The fourth-order valence-electron chi connectivity index (χ4n) is 2.94. The highest BCUT2D eigenvalue weighted by Gasteiger charge is 2.16. The summed E-state index contributed by atoms with van der Waals surface area (Å²) in [6, 6.07) is 15.0. The number of anilines is 1. The van der Waals surface area contributed by atoms with Crippen molar-refractivity contribution >= 4 is 21.6 Å². The van der Waals surface area contributed by atoms with Crippen molar-refractivity contribution in [3.05, 3.63) is 58.1 Å². The summed E-state index contributed by atoms with van der Waals surface area (Å²) in [5.41, 5.74) is 4.12. The van der Waals surface area contributed by atoms with Crippen LogP contribution in [0.5, 0.6) is 5.75 Å². The molecule has 0 bridgehead atoms. The number of ether oxygens (including phenoxy) is 1. The predicted octanol–water partition coefficient (Wildman–Crippen LogP) is 4.80. The molecule has 0 fully saturated rings. The van der Waals surface area contributed by atoms with E-state index in [2.05, 4.69) is 57.2 Å². The Morgan fingerprint density at radius 2 is 2.00 bits per heavy atom. The second-order valence-corrected chi connectivity index (χ2v) is 6.32. The van der Waals surface area contributed by atoms with Crippen LogP contribution in [0.1, 0.15) is 24.0 Å². The van der Waals surface area contributed by atoms with Gasteiger partial charge >= 0.3 is 0 Å². The maximum Gasteiger partial charge on any atom is 0.119 e. The van der Waals surface area contributed by atoms with Crippen LogP contribution in [0.4, 0.5) is 5.69 Å². The second kappa shape index (κ2) is 6.52. The number of methoxy groups -OCH3 is 1.